The summed E-state index contributed by atoms with van der Waals surface area (Å²) in [6.45, 7) is -0.0558. The number of hydrogen-bond acceptors (Lipinski definition) is 5. The molecular weight excluding hydrogens is 336 g/mol. The molecule has 6 nitrogen and oxygen atoms in total. The number of aromatic nitrogens is 1. The first kappa shape index (κ1) is 16.9. The predicted octanol–water partition coefficient (Wildman–Crippen LogP) is 2.28. The van der Waals surface area contributed by atoms with E-state index in [1.807, 2.05) is 67.5 Å². The van der Waals surface area contributed by atoms with Crippen molar-refractivity contribution in [3.8, 4) is 0 Å². The zero-order valence-electron chi connectivity index (χ0n) is 14.0. The molecule has 1 aromatic heterocycles. The Morgan fingerprint density at radius 1 is 1.20 bits per heavy atom. The first-order valence-corrected chi connectivity index (χ1v) is 8.54. The largest absolute Gasteiger partial charge is 0.378 e. The van der Waals surface area contributed by atoms with Gasteiger partial charge >= 0.3 is 4.87 Å². The molecule has 2 aromatic carbocycles. The van der Waals surface area contributed by atoms with Gasteiger partial charge < -0.3 is 4.90 Å². The molecule has 1 heterocycles. The summed E-state index contributed by atoms with van der Waals surface area (Å²) in [5.41, 5.74) is 5.19. The molecule has 0 aliphatic heterocycles. The zero-order valence-corrected chi connectivity index (χ0v) is 14.8. The first-order valence-electron chi connectivity index (χ1n) is 7.72. The lowest BCUT2D eigenvalue weighted by Crippen LogP contribution is -2.27. The molecule has 0 aliphatic carbocycles. The van der Waals surface area contributed by atoms with Gasteiger partial charge in [0, 0.05) is 19.8 Å². The minimum Gasteiger partial charge on any atom is -0.378 e. The maximum atomic E-state index is 12.1. The van der Waals surface area contributed by atoms with Gasteiger partial charge in [-0.2, -0.15) is 5.10 Å². The molecule has 25 heavy (non-hydrogen) atoms. The molecule has 128 valence electrons. The van der Waals surface area contributed by atoms with E-state index in [0.29, 0.717) is 0 Å². The molecule has 0 bridgehead atoms. The molecule has 0 saturated heterocycles. The van der Waals surface area contributed by atoms with Crippen LogP contribution in [0.1, 0.15) is 5.56 Å². The molecule has 7 heteroatoms. The summed E-state index contributed by atoms with van der Waals surface area (Å²) in [4.78, 5) is 25.9. The van der Waals surface area contributed by atoms with Crippen molar-refractivity contribution in [3.05, 3.63) is 63.8 Å². The van der Waals surface area contributed by atoms with Crippen LogP contribution in [0.2, 0.25) is 0 Å². The SMILES string of the molecule is CN(C)c1ccc(/C=N/NC(=O)Cn2c(=O)sc3ccccc32)cc1. The second-order valence-electron chi connectivity index (χ2n) is 5.70. The molecule has 0 saturated carbocycles. The maximum Gasteiger partial charge on any atom is 0.308 e. The number of carbonyl (C=O) groups excluding carboxylic acids is 1. The highest BCUT2D eigenvalue weighted by Gasteiger charge is 2.10. The van der Waals surface area contributed by atoms with Gasteiger partial charge in [0.15, 0.2) is 0 Å². The standard InChI is InChI=1S/C18H18N4O2S/c1-21(2)14-9-7-13(8-10-14)11-19-20-17(23)12-22-15-5-3-4-6-16(15)25-18(22)24/h3-11H,12H2,1-2H3,(H,20,23)/b19-11+. The summed E-state index contributed by atoms with van der Waals surface area (Å²) in [5, 5.41) is 3.96. The number of nitrogens with one attached hydrogen (secondary N) is 1. The summed E-state index contributed by atoms with van der Waals surface area (Å²) in [6, 6.07) is 15.2. The zero-order chi connectivity index (χ0) is 17.8. The third-order valence-corrected chi connectivity index (χ3v) is 4.65. The Labute approximate surface area is 149 Å². The normalized spacial score (nSPS) is 11.1. The van der Waals surface area contributed by atoms with E-state index < -0.39 is 0 Å². The van der Waals surface area contributed by atoms with Crippen LogP contribution in [0.25, 0.3) is 10.2 Å². The molecule has 0 spiro atoms. The number of thiazole rings is 1. The molecule has 0 unspecified atom stereocenters. The van der Waals surface area contributed by atoms with Crippen molar-refractivity contribution in [1.82, 2.24) is 9.99 Å². The van der Waals surface area contributed by atoms with E-state index in [9.17, 15) is 9.59 Å². The molecule has 0 radical (unpaired) electrons. The van der Waals surface area contributed by atoms with E-state index in [-0.39, 0.29) is 17.3 Å². The fraction of sp³-hybridized carbons (Fsp3) is 0.167. The number of anilines is 1. The lowest BCUT2D eigenvalue weighted by molar-refractivity contribution is -0.121. The molecule has 0 fully saturated rings. The molecule has 3 aromatic rings. The highest BCUT2D eigenvalue weighted by Crippen LogP contribution is 2.16. The van der Waals surface area contributed by atoms with Gasteiger partial charge in [0.1, 0.15) is 6.54 Å². The fourth-order valence-corrected chi connectivity index (χ4v) is 3.27. The van der Waals surface area contributed by atoms with E-state index in [1.165, 1.54) is 4.57 Å². The van der Waals surface area contributed by atoms with Crippen LogP contribution in [0, 0.1) is 0 Å². The van der Waals surface area contributed by atoms with Gasteiger partial charge in [-0.1, -0.05) is 35.6 Å². The average Bonchev–Trinajstić information content (AvgIpc) is 2.91. The Bertz CT molecular complexity index is 971. The van der Waals surface area contributed by atoms with Crippen LogP contribution in [0.4, 0.5) is 5.69 Å². The van der Waals surface area contributed by atoms with Crippen LogP contribution in [-0.4, -0.2) is 30.8 Å². The van der Waals surface area contributed by atoms with Crippen molar-refractivity contribution in [1.29, 1.82) is 0 Å². The summed E-state index contributed by atoms with van der Waals surface area (Å²) >= 11 is 1.13. The van der Waals surface area contributed by atoms with E-state index in [1.54, 1.807) is 6.21 Å². The van der Waals surface area contributed by atoms with Crippen LogP contribution in [0.5, 0.6) is 0 Å². The van der Waals surface area contributed by atoms with Gasteiger partial charge in [0.05, 0.1) is 16.4 Å². The van der Waals surface area contributed by atoms with E-state index >= 15 is 0 Å². The van der Waals surface area contributed by atoms with Gasteiger partial charge in [-0.15, -0.1) is 0 Å². The van der Waals surface area contributed by atoms with Crippen molar-refractivity contribution < 1.29 is 4.79 Å². The topological polar surface area (TPSA) is 66.7 Å². The van der Waals surface area contributed by atoms with Gasteiger partial charge in [-0.05, 0) is 29.8 Å². The lowest BCUT2D eigenvalue weighted by atomic mass is 10.2. The highest BCUT2D eigenvalue weighted by atomic mass is 32.1. The second-order valence-corrected chi connectivity index (χ2v) is 6.69. The fourth-order valence-electron chi connectivity index (χ4n) is 2.38. The number of rotatable bonds is 5. The molecule has 1 amide bonds. The van der Waals surface area contributed by atoms with Gasteiger partial charge in [-0.25, -0.2) is 5.43 Å². The quantitative estimate of drug-likeness (QED) is 0.565. The number of hydrogen-bond donors (Lipinski definition) is 1. The third-order valence-electron chi connectivity index (χ3n) is 3.69. The first-order chi connectivity index (χ1) is 12.0. The van der Waals surface area contributed by atoms with E-state index in [4.69, 9.17) is 0 Å². The lowest BCUT2D eigenvalue weighted by Gasteiger charge is -2.11. The predicted molar refractivity (Wildman–Crippen MR) is 103 cm³/mol. The number of nitrogens with zero attached hydrogens (tertiary/aromatic N) is 3. The Hall–Kier alpha value is -2.93. The summed E-state index contributed by atoms with van der Waals surface area (Å²) in [5.74, 6) is -0.341. The van der Waals surface area contributed by atoms with Crippen LogP contribution >= 0.6 is 11.3 Å². The number of amides is 1. The van der Waals surface area contributed by atoms with Crippen molar-refractivity contribution in [2.75, 3.05) is 19.0 Å². The van der Waals surface area contributed by atoms with Crippen molar-refractivity contribution >= 4 is 39.4 Å². The van der Waals surface area contributed by atoms with Crippen LogP contribution in [0.15, 0.2) is 58.4 Å². The second kappa shape index (κ2) is 7.31. The highest BCUT2D eigenvalue weighted by molar-refractivity contribution is 7.16. The number of carbonyl (C=O) groups is 1. The van der Waals surface area contributed by atoms with E-state index in [0.717, 1.165) is 32.8 Å². The minimum absolute atomic E-state index is 0.0558. The summed E-state index contributed by atoms with van der Waals surface area (Å²) in [7, 11) is 3.94. The number of fused-ring (bicyclic) bond motifs is 1. The average molecular weight is 354 g/mol. The number of para-hydroxylation sites is 1. The Morgan fingerprint density at radius 2 is 1.92 bits per heavy atom. The number of benzene rings is 2. The van der Waals surface area contributed by atoms with Crippen LogP contribution in [0.3, 0.4) is 0 Å². The smallest absolute Gasteiger partial charge is 0.308 e. The number of hydrazone groups is 1. The molecule has 3 rings (SSSR count). The van der Waals surface area contributed by atoms with Crippen molar-refractivity contribution in [2.24, 2.45) is 5.10 Å². The third kappa shape index (κ3) is 3.95. The molecule has 0 aliphatic rings. The van der Waals surface area contributed by atoms with Gasteiger partial charge in [-0.3, -0.25) is 14.2 Å². The van der Waals surface area contributed by atoms with E-state index in [2.05, 4.69) is 10.5 Å². The summed E-state index contributed by atoms with van der Waals surface area (Å²) < 4.78 is 2.32. The molecular formula is C18H18N4O2S. The maximum absolute atomic E-state index is 12.1. The van der Waals surface area contributed by atoms with Crippen molar-refractivity contribution in [3.63, 3.8) is 0 Å². The Kier molecular flexibility index (Phi) is 4.95. The van der Waals surface area contributed by atoms with Crippen molar-refractivity contribution in [2.45, 2.75) is 6.54 Å². The minimum atomic E-state index is -0.341. The summed E-state index contributed by atoms with van der Waals surface area (Å²) in [6.07, 6.45) is 1.58. The van der Waals surface area contributed by atoms with Gasteiger partial charge in [0.2, 0.25) is 0 Å². The van der Waals surface area contributed by atoms with Crippen LogP contribution in [-0.2, 0) is 11.3 Å². The Balaban J connectivity index is 1.64. The van der Waals surface area contributed by atoms with Gasteiger partial charge in [0.25, 0.3) is 5.91 Å². The monoisotopic (exact) mass is 354 g/mol. The Morgan fingerprint density at radius 3 is 2.64 bits per heavy atom. The van der Waals surface area contributed by atoms with Crippen LogP contribution < -0.4 is 15.2 Å². The molecule has 1 N–H and O–H groups in total. The molecule has 0 atom stereocenters.